The molecule has 0 saturated heterocycles. The van der Waals surface area contributed by atoms with Gasteiger partial charge in [-0.15, -0.1) is 11.3 Å². The third-order valence-electron chi connectivity index (χ3n) is 4.99. The summed E-state index contributed by atoms with van der Waals surface area (Å²) in [5.74, 6) is -0.645. The van der Waals surface area contributed by atoms with Gasteiger partial charge in [-0.3, -0.25) is 9.69 Å². The maximum Gasteiger partial charge on any atom is 0.331 e. The second-order valence-corrected chi connectivity index (χ2v) is 8.19. The number of halogens is 1. The van der Waals surface area contributed by atoms with Crippen LogP contribution < -0.4 is 9.64 Å². The van der Waals surface area contributed by atoms with Crippen molar-refractivity contribution < 1.29 is 23.5 Å². The van der Waals surface area contributed by atoms with Crippen molar-refractivity contribution in [2.45, 2.75) is 13.5 Å². The van der Waals surface area contributed by atoms with Gasteiger partial charge in [-0.25, -0.2) is 14.2 Å². The number of hydrogen-bond acceptors (Lipinski definition) is 6. The molecule has 0 radical (unpaired) electrons. The first kappa shape index (κ1) is 23.1. The van der Waals surface area contributed by atoms with E-state index < -0.39 is 11.8 Å². The summed E-state index contributed by atoms with van der Waals surface area (Å²) in [7, 11) is 1.62. The van der Waals surface area contributed by atoms with E-state index >= 15 is 0 Å². The van der Waals surface area contributed by atoms with Gasteiger partial charge in [0, 0.05) is 18.4 Å². The zero-order valence-corrected chi connectivity index (χ0v) is 19.3. The normalized spacial score (nSPS) is 11.0. The van der Waals surface area contributed by atoms with Crippen LogP contribution in [0.15, 0.2) is 72.1 Å². The van der Waals surface area contributed by atoms with Crippen molar-refractivity contribution in [2.24, 2.45) is 0 Å². The van der Waals surface area contributed by atoms with E-state index in [1.807, 2.05) is 36.4 Å². The number of rotatable bonds is 7. The highest BCUT2D eigenvalue weighted by atomic mass is 32.1. The molecule has 4 rings (SSSR count). The Morgan fingerprint density at radius 2 is 1.85 bits per heavy atom. The number of amides is 1. The van der Waals surface area contributed by atoms with Crippen LogP contribution in [0.4, 0.5) is 15.2 Å². The summed E-state index contributed by atoms with van der Waals surface area (Å²) < 4.78 is 24.8. The molecule has 0 fully saturated rings. The Hall–Kier alpha value is -4.04. The Balaban J connectivity index is 1.40. The quantitative estimate of drug-likeness (QED) is 0.246. The highest BCUT2D eigenvalue weighted by molar-refractivity contribution is 7.14. The molecular weight excluding hydrogens is 455 g/mol. The minimum absolute atomic E-state index is 0.119. The van der Waals surface area contributed by atoms with Crippen molar-refractivity contribution in [3.8, 4) is 5.75 Å². The molecule has 0 unspecified atom stereocenters. The minimum Gasteiger partial charge on any atom is -0.497 e. The summed E-state index contributed by atoms with van der Waals surface area (Å²) in [5.41, 5.74) is 1.43. The fourth-order valence-electron chi connectivity index (χ4n) is 3.34. The molecule has 1 heterocycles. The molecule has 1 aromatic heterocycles. The lowest BCUT2D eigenvalue weighted by Gasteiger charge is -2.18. The summed E-state index contributed by atoms with van der Waals surface area (Å²) in [6.45, 7) is 1.46. The van der Waals surface area contributed by atoms with E-state index in [1.54, 1.807) is 24.6 Å². The number of methoxy groups -OCH3 is 1. The van der Waals surface area contributed by atoms with Gasteiger partial charge in [0.2, 0.25) is 5.91 Å². The molecule has 0 aliphatic carbocycles. The van der Waals surface area contributed by atoms with Gasteiger partial charge >= 0.3 is 5.97 Å². The van der Waals surface area contributed by atoms with Crippen molar-refractivity contribution in [3.05, 3.63) is 89.2 Å². The lowest BCUT2D eigenvalue weighted by Crippen LogP contribution is -2.23. The molecule has 0 saturated carbocycles. The van der Waals surface area contributed by atoms with E-state index in [1.165, 1.54) is 47.4 Å². The van der Waals surface area contributed by atoms with Crippen LogP contribution in [0.3, 0.4) is 0 Å². The lowest BCUT2D eigenvalue weighted by atomic mass is 10.1. The van der Waals surface area contributed by atoms with E-state index in [9.17, 15) is 14.0 Å². The molecule has 34 heavy (non-hydrogen) atoms. The molecule has 3 aromatic carbocycles. The number of carbonyl (C=O) groups is 2. The van der Waals surface area contributed by atoms with Crippen LogP contribution in [0.1, 0.15) is 18.2 Å². The number of esters is 1. The smallest absolute Gasteiger partial charge is 0.331 e. The largest absolute Gasteiger partial charge is 0.497 e. The van der Waals surface area contributed by atoms with E-state index in [4.69, 9.17) is 9.47 Å². The molecule has 0 aliphatic heterocycles. The molecule has 8 heteroatoms. The van der Waals surface area contributed by atoms with E-state index in [0.717, 1.165) is 22.1 Å². The van der Waals surface area contributed by atoms with E-state index in [0.29, 0.717) is 10.8 Å². The Morgan fingerprint density at radius 3 is 2.62 bits per heavy atom. The average molecular weight is 477 g/mol. The van der Waals surface area contributed by atoms with Crippen LogP contribution >= 0.6 is 11.3 Å². The minimum atomic E-state index is -0.526. The first-order chi connectivity index (χ1) is 16.4. The van der Waals surface area contributed by atoms with Gasteiger partial charge in [-0.05, 0) is 52.7 Å². The second kappa shape index (κ2) is 10.3. The molecule has 0 atom stereocenters. The standard InChI is InChI=1S/C26H21FN2O4S/c1-17(30)29(24-6-4-3-5-23(24)27)26-28-21(16-34-26)10-12-25(31)33-15-18-7-8-20-14-22(32-2)11-9-19(20)13-18/h3-14,16H,15H2,1-2H3/b12-10+. The van der Waals surface area contributed by atoms with Gasteiger partial charge < -0.3 is 9.47 Å². The van der Waals surface area contributed by atoms with Crippen LogP contribution in [-0.2, 0) is 20.9 Å². The maximum absolute atomic E-state index is 14.2. The Bertz CT molecular complexity index is 1380. The van der Waals surface area contributed by atoms with E-state index in [-0.39, 0.29) is 18.2 Å². The number of carbonyl (C=O) groups excluding carboxylic acids is 2. The van der Waals surface area contributed by atoms with Crippen molar-refractivity contribution in [3.63, 3.8) is 0 Å². The van der Waals surface area contributed by atoms with Gasteiger partial charge in [0.05, 0.1) is 18.5 Å². The van der Waals surface area contributed by atoms with Crippen molar-refractivity contribution in [1.29, 1.82) is 0 Å². The highest BCUT2D eigenvalue weighted by Crippen LogP contribution is 2.31. The van der Waals surface area contributed by atoms with Crippen molar-refractivity contribution in [2.75, 3.05) is 12.0 Å². The molecule has 0 bridgehead atoms. The number of thiazole rings is 1. The van der Waals surface area contributed by atoms with Crippen LogP contribution in [0, 0.1) is 5.82 Å². The van der Waals surface area contributed by atoms with Crippen LogP contribution in [0.2, 0.25) is 0 Å². The third-order valence-corrected chi connectivity index (χ3v) is 5.84. The van der Waals surface area contributed by atoms with Gasteiger partial charge in [-0.1, -0.05) is 30.3 Å². The Kier molecular flexibility index (Phi) is 6.98. The predicted octanol–water partition coefficient (Wildman–Crippen LogP) is 5.89. The zero-order chi connectivity index (χ0) is 24.1. The summed E-state index contributed by atoms with van der Waals surface area (Å²) in [4.78, 5) is 29.9. The highest BCUT2D eigenvalue weighted by Gasteiger charge is 2.20. The number of ether oxygens (including phenoxy) is 2. The average Bonchev–Trinajstić information content (AvgIpc) is 3.30. The fourth-order valence-corrected chi connectivity index (χ4v) is 4.19. The summed E-state index contributed by atoms with van der Waals surface area (Å²) in [5, 5.41) is 4.03. The third kappa shape index (κ3) is 5.29. The molecule has 6 nitrogen and oxygen atoms in total. The lowest BCUT2D eigenvalue weighted by molar-refractivity contribution is -0.138. The first-order valence-corrected chi connectivity index (χ1v) is 11.2. The van der Waals surface area contributed by atoms with Gasteiger partial charge in [0.25, 0.3) is 0 Å². The Morgan fingerprint density at radius 1 is 1.09 bits per heavy atom. The number of fused-ring (bicyclic) bond motifs is 1. The molecular formula is C26H21FN2O4S. The molecule has 0 spiro atoms. The second-order valence-electron chi connectivity index (χ2n) is 7.35. The topological polar surface area (TPSA) is 68.7 Å². The fraction of sp³-hybridized carbons (Fsp3) is 0.115. The van der Waals surface area contributed by atoms with Crippen LogP contribution in [0.25, 0.3) is 16.8 Å². The van der Waals surface area contributed by atoms with Gasteiger partial charge in [0.1, 0.15) is 18.2 Å². The summed E-state index contributed by atoms with van der Waals surface area (Å²) in [6.07, 6.45) is 2.76. The number of para-hydroxylation sites is 1. The molecule has 0 N–H and O–H groups in total. The molecule has 4 aromatic rings. The van der Waals surface area contributed by atoms with Crippen molar-refractivity contribution >= 4 is 50.9 Å². The van der Waals surface area contributed by atoms with Crippen molar-refractivity contribution in [1.82, 2.24) is 4.98 Å². The molecule has 1 amide bonds. The van der Waals surface area contributed by atoms with Crippen LogP contribution in [0.5, 0.6) is 5.75 Å². The summed E-state index contributed by atoms with van der Waals surface area (Å²) in [6, 6.07) is 17.5. The first-order valence-electron chi connectivity index (χ1n) is 10.4. The SMILES string of the molecule is COc1ccc2cc(COC(=O)/C=C/c3csc(N(C(C)=O)c4ccccc4F)n3)ccc2c1. The maximum atomic E-state index is 14.2. The number of nitrogens with zero attached hydrogens (tertiary/aromatic N) is 2. The van der Waals surface area contributed by atoms with Crippen LogP contribution in [-0.4, -0.2) is 24.0 Å². The summed E-state index contributed by atoms with van der Waals surface area (Å²) >= 11 is 1.17. The Labute approximate surface area is 199 Å². The number of hydrogen-bond donors (Lipinski definition) is 0. The van der Waals surface area contributed by atoms with E-state index in [2.05, 4.69) is 4.98 Å². The van der Waals surface area contributed by atoms with Gasteiger partial charge in [-0.2, -0.15) is 0 Å². The zero-order valence-electron chi connectivity index (χ0n) is 18.5. The van der Waals surface area contributed by atoms with Gasteiger partial charge in [0.15, 0.2) is 5.13 Å². The molecule has 172 valence electrons. The molecule has 0 aliphatic rings. The monoisotopic (exact) mass is 476 g/mol. The number of anilines is 2. The number of benzene rings is 3. The number of aromatic nitrogens is 1. The predicted molar refractivity (Wildman–Crippen MR) is 131 cm³/mol.